The number of nitro benzene ring substituents is 1. The van der Waals surface area contributed by atoms with Crippen molar-refractivity contribution < 1.29 is 14.5 Å². The van der Waals surface area contributed by atoms with E-state index in [2.05, 4.69) is 15.2 Å². The highest BCUT2D eigenvalue weighted by atomic mass is 32.2. The van der Waals surface area contributed by atoms with E-state index in [9.17, 15) is 14.9 Å². The number of hydrogen-bond acceptors (Lipinski definition) is 6. The number of hydrogen-bond donors (Lipinski definition) is 2. The van der Waals surface area contributed by atoms with Crippen molar-refractivity contribution in [3.63, 3.8) is 0 Å². The highest BCUT2D eigenvalue weighted by Gasteiger charge is 2.28. The van der Waals surface area contributed by atoms with Crippen LogP contribution in [0.5, 0.6) is 5.75 Å². The van der Waals surface area contributed by atoms with E-state index in [1.54, 1.807) is 19.2 Å². The number of ether oxygens (including phenoxy) is 1. The van der Waals surface area contributed by atoms with E-state index in [0.717, 1.165) is 39.0 Å². The number of carbonyl (C=O) groups is 1. The van der Waals surface area contributed by atoms with Crippen molar-refractivity contribution in [3.8, 4) is 5.75 Å². The maximum Gasteiger partial charge on any atom is 0.269 e. The molecule has 0 aliphatic carbocycles. The van der Waals surface area contributed by atoms with E-state index in [-0.39, 0.29) is 17.1 Å². The summed E-state index contributed by atoms with van der Waals surface area (Å²) >= 11 is 1.43. The number of nitrogens with zero attached hydrogens (tertiary/aromatic N) is 2. The first kappa shape index (κ1) is 24.5. The average Bonchev–Trinajstić information content (AvgIpc) is 3.36. The van der Waals surface area contributed by atoms with Crippen LogP contribution in [-0.4, -0.2) is 28.0 Å². The first-order valence-electron chi connectivity index (χ1n) is 11.8. The van der Waals surface area contributed by atoms with E-state index in [1.807, 2.05) is 62.4 Å². The number of non-ortho nitro benzene ring substituents is 1. The first-order chi connectivity index (χ1) is 17.8. The number of aryl methyl sites for hydroxylation is 1. The fourth-order valence-electron chi connectivity index (χ4n) is 4.52. The predicted molar refractivity (Wildman–Crippen MR) is 148 cm³/mol. The van der Waals surface area contributed by atoms with Crippen LogP contribution in [-0.2, 0) is 11.3 Å². The van der Waals surface area contributed by atoms with Crippen LogP contribution in [0.15, 0.2) is 71.6 Å². The zero-order valence-electron chi connectivity index (χ0n) is 20.6. The second kappa shape index (κ2) is 10.0. The standard InChI is InChI=1S/C28H26N4O4S/c1-17-8-13-25(36-3)23(14-17)29-28-30-27(33)26(37-28)15-22-18(2)31(24-7-5-4-6-21(22)24)16-19-9-11-20(12-10-19)32(34)35/h4-15,28-29H,16H2,1-3H3,(H,30,33)/b26-15-. The van der Waals surface area contributed by atoms with Crippen molar-refractivity contribution in [2.24, 2.45) is 0 Å². The fourth-order valence-corrected chi connectivity index (χ4v) is 5.48. The molecule has 1 saturated heterocycles. The molecule has 9 heteroatoms. The molecular weight excluding hydrogens is 488 g/mol. The Morgan fingerprint density at radius 3 is 2.62 bits per heavy atom. The largest absolute Gasteiger partial charge is 0.495 e. The van der Waals surface area contributed by atoms with Crippen LogP contribution in [0.2, 0.25) is 0 Å². The van der Waals surface area contributed by atoms with E-state index < -0.39 is 4.92 Å². The van der Waals surface area contributed by atoms with Crippen molar-refractivity contribution in [2.75, 3.05) is 12.4 Å². The molecule has 8 nitrogen and oxygen atoms in total. The highest BCUT2D eigenvalue weighted by Crippen LogP contribution is 2.36. The fraction of sp³-hybridized carbons (Fsp3) is 0.179. The minimum atomic E-state index is -0.397. The Hall–Kier alpha value is -4.24. The van der Waals surface area contributed by atoms with E-state index in [0.29, 0.717) is 17.2 Å². The van der Waals surface area contributed by atoms with Gasteiger partial charge in [-0.1, -0.05) is 48.2 Å². The zero-order chi connectivity index (χ0) is 26.1. The molecule has 0 saturated carbocycles. The van der Waals surface area contributed by atoms with Crippen LogP contribution in [0, 0.1) is 24.0 Å². The third kappa shape index (κ3) is 4.90. The minimum absolute atomic E-state index is 0.0685. The summed E-state index contributed by atoms with van der Waals surface area (Å²) in [6.45, 7) is 4.60. The van der Waals surface area contributed by atoms with Crippen molar-refractivity contribution in [1.82, 2.24) is 9.88 Å². The number of nitrogens with one attached hydrogen (secondary N) is 2. The van der Waals surface area contributed by atoms with Gasteiger partial charge in [0.25, 0.3) is 11.6 Å². The van der Waals surface area contributed by atoms with Crippen LogP contribution in [0.1, 0.15) is 22.4 Å². The van der Waals surface area contributed by atoms with Crippen LogP contribution in [0.4, 0.5) is 11.4 Å². The lowest BCUT2D eigenvalue weighted by Crippen LogP contribution is -2.31. The van der Waals surface area contributed by atoms with Gasteiger partial charge in [0.15, 0.2) is 5.50 Å². The van der Waals surface area contributed by atoms with Crippen LogP contribution in [0.25, 0.3) is 17.0 Å². The quantitative estimate of drug-likeness (QED) is 0.183. The molecule has 1 aliphatic rings. The van der Waals surface area contributed by atoms with Crippen molar-refractivity contribution >= 4 is 46.0 Å². The molecule has 0 spiro atoms. The molecule has 37 heavy (non-hydrogen) atoms. The molecule has 5 rings (SSSR count). The van der Waals surface area contributed by atoms with Gasteiger partial charge < -0.3 is 19.9 Å². The molecule has 188 valence electrons. The Labute approximate surface area is 218 Å². The Bertz CT molecular complexity index is 1540. The van der Waals surface area contributed by atoms with Crippen LogP contribution in [0.3, 0.4) is 0 Å². The molecule has 4 aromatic rings. The molecule has 2 N–H and O–H groups in total. The zero-order valence-corrected chi connectivity index (χ0v) is 21.5. The molecule has 1 fully saturated rings. The minimum Gasteiger partial charge on any atom is -0.495 e. The highest BCUT2D eigenvalue weighted by molar-refractivity contribution is 8.05. The average molecular weight is 515 g/mol. The van der Waals surface area contributed by atoms with Gasteiger partial charge >= 0.3 is 0 Å². The van der Waals surface area contributed by atoms with Crippen molar-refractivity contribution in [1.29, 1.82) is 0 Å². The lowest BCUT2D eigenvalue weighted by Gasteiger charge is -2.16. The number of fused-ring (bicyclic) bond motifs is 1. The Balaban J connectivity index is 1.45. The summed E-state index contributed by atoms with van der Waals surface area (Å²) in [6.07, 6.45) is 1.94. The molecule has 1 aliphatic heterocycles. The number of carbonyl (C=O) groups excluding carboxylic acids is 1. The van der Waals surface area contributed by atoms with Gasteiger partial charge in [-0.05, 0) is 49.2 Å². The molecule has 1 amide bonds. The molecule has 1 atom stereocenters. The number of aromatic nitrogens is 1. The monoisotopic (exact) mass is 514 g/mol. The maximum atomic E-state index is 12.9. The summed E-state index contributed by atoms with van der Waals surface area (Å²) < 4.78 is 7.63. The van der Waals surface area contributed by atoms with Gasteiger partial charge in [-0.2, -0.15) is 0 Å². The van der Waals surface area contributed by atoms with Gasteiger partial charge in [0, 0.05) is 40.8 Å². The third-order valence-electron chi connectivity index (χ3n) is 6.42. The summed E-state index contributed by atoms with van der Waals surface area (Å²) in [7, 11) is 1.62. The molecule has 1 aromatic heterocycles. The summed E-state index contributed by atoms with van der Waals surface area (Å²) in [5.41, 5.74) is 5.62. The topological polar surface area (TPSA) is 98.4 Å². The lowest BCUT2D eigenvalue weighted by atomic mass is 10.1. The number of rotatable bonds is 7. The summed E-state index contributed by atoms with van der Waals surface area (Å²) in [5.74, 6) is 0.573. The summed E-state index contributed by atoms with van der Waals surface area (Å²) in [4.78, 5) is 24.1. The summed E-state index contributed by atoms with van der Waals surface area (Å²) in [5, 5.41) is 18.4. The number of benzene rings is 3. The molecular formula is C28H26N4O4S. The molecule has 0 radical (unpaired) electrons. The molecule has 2 heterocycles. The Kier molecular flexibility index (Phi) is 6.62. The molecule has 0 bridgehead atoms. The SMILES string of the molecule is COc1ccc(C)cc1NC1NC(=O)/C(=C/c2c(C)n(Cc3ccc([N+](=O)[O-])cc3)c3ccccc23)S1. The number of thioether (sulfide) groups is 1. The van der Waals surface area contributed by atoms with Crippen LogP contribution >= 0.6 is 11.8 Å². The number of nitro groups is 1. The number of amides is 1. The van der Waals surface area contributed by atoms with Gasteiger partial charge in [-0.25, -0.2) is 0 Å². The molecule has 1 unspecified atom stereocenters. The smallest absolute Gasteiger partial charge is 0.269 e. The van der Waals surface area contributed by atoms with Gasteiger partial charge in [-0.3, -0.25) is 14.9 Å². The van der Waals surface area contributed by atoms with Gasteiger partial charge in [-0.15, -0.1) is 0 Å². The summed E-state index contributed by atoms with van der Waals surface area (Å²) in [6, 6.07) is 20.5. The van der Waals surface area contributed by atoms with Crippen molar-refractivity contribution in [2.45, 2.75) is 25.9 Å². The third-order valence-corrected chi connectivity index (χ3v) is 7.44. The van der Waals surface area contributed by atoms with Gasteiger partial charge in [0.05, 0.1) is 22.6 Å². The van der Waals surface area contributed by atoms with Gasteiger partial charge in [0.2, 0.25) is 0 Å². The lowest BCUT2D eigenvalue weighted by molar-refractivity contribution is -0.384. The number of para-hydroxylation sites is 1. The van der Waals surface area contributed by atoms with Crippen molar-refractivity contribution in [3.05, 3.63) is 104 Å². The number of anilines is 1. The van der Waals surface area contributed by atoms with Crippen LogP contribution < -0.4 is 15.4 Å². The van der Waals surface area contributed by atoms with E-state index in [1.165, 1.54) is 23.9 Å². The second-order valence-corrected chi connectivity index (χ2v) is 10.0. The maximum absolute atomic E-state index is 12.9. The first-order valence-corrected chi connectivity index (χ1v) is 12.6. The Morgan fingerprint density at radius 1 is 1.14 bits per heavy atom. The Morgan fingerprint density at radius 2 is 1.89 bits per heavy atom. The predicted octanol–water partition coefficient (Wildman–Crippen LogP) is 5.82. The van der Waals surface area contributed by atoms with E-state index in [4.69, 9.17) is 4.74 Å². The second-order valence-electron chi connectivity index (χ2n) is 8.85. The van der Waals surface area contributed by atoms with Gasteiger partial charge in [0.1, 0.15) is 5.75 Å². The number of methoxy groups -OCH3 is 1. The van der Waals surface area contributed by atoms with E-state index >= 15 is 0 Å². The molecule has 3 aromatic carbocycles. The normalized spacial score (nSPS) is 16.2.